The Morgan fingerprint density at radius 1 is 1.14 bits per heavy atom. The SMILES string of the molecule is CC(N)C(Oc1ccc(OC(F)(F)F)c(Br)c1)C(F)(F)F. The van der Waals surface area contributed by atoms with E-state index < -0.39 is 30.4 Å². The van der Waals surface area contributed by atoms with Crippen LogP contribution in [-0.4, -0.2) is 24.7 Å². The van der Waals surface area contributed by atoms with Crippen LogP contribution in [0.4, 0.5) is 26.3 Å². The molecule has 0 bridgehead atoms. The molecule has 10 heteroatoms. The average Bonchev–Trinajstić information content (AvgIpc) is 2.25. The van der Waals surface area contributed by atoms with Gasteiger partial charge >= 0.3 is 12.5 Å². The zero-order valence-electron chi connectivity index (χ0n) is 10.4. The predicted molar refractivity (Wildman–Crippen MR) is 64.9 cm³/mol. The lowest BCUT2D eigenvalue weighted by Crippen LogP contribution is -2.47. The quantitative estimate of drug-likeness (QED) is 0.801. The van der Waals surface area contributed by atoms with Gasteiger partial charge in [0.2, 0.25) is 6.10 Å². The molecule has 0 aliphatic heterocycles. The van der Waals surface area contributed by atoms with E-state index in [1.54, 1.807) is 0 Å². The molecule has 0 heterocycles. The molecule has 1 aromatic carbocycles. The van der Waals surface area contributed by atoms with Crippen LogP contribution < -0.4 is 15.2 Å². The third-order valence-electron chi connectivity index (χ3n) is 2.19. The topological polar surface area (TPSA) is 44.5 Å². The third kappa shape index (κ3) is 5.62. The minimum atomic E-state index is -4.91. The molecule has 2 N–H and O–H groups in total. The maximum absolute atomic E-state index is 12.7. The molecule has 3 nitrogen and oxygen atoms in total. The van der Waals surface area contributed by atoms with E-state index in [2.05, 4.69) is 25.4 Å². The third-order valence-corrected chi connectivity index (χ3v) is 2.81. The van der Waals surface area contributed by atoms with Gasteiger partial charge in [0.25, 0.3) is 0 Å². The standard InChI is InChI=1S/C11H10BrF6NO2/c1-5(19)9(10(13,14)15)20-6-2-3-8(7(12)4-6)21-11(16,17)18/h2-5,9H,19H2,1H3. The van der Waals surface area contributed by atoms with Crippen molar-refractivity contribution in [2.75, 3.05) is 0 Å². The van der Waals surface area contributed by atoms with Crippen LogP contribution in [0.2, 0.25) is 0 Å². The summed E-state index contributed by atoms with van der Waals surface area (Å²) < 4.78 is 82.3. The predicted octanol–water partition coefficient (Wildman–Crippen LogP) is 4.00. The number of rotatable bonds is 4. The fourth-order valence-electron chi connectivity index (χ4n) is 1.38. The molecule has 0 saturated heterocycles. The van der Waals surface area contributed by atoms with Crippen LogP contribution in [0.3, 0.4) is 0 Å². The minimum Gasteiger partial charge on any atom is -0.479 e. The number of hydrogen-bond acceptors (Lipinski definition) is 3. The molecule has 120 valence electrons. The lowest BCUT2D eigenvalue weighted by atomic mass is 10.2. The summed E-state index contributed by atoms with van der Waals surface area (Å²) in [6.45, 7) is 1.11. The van der Waals surface area contributed by atoms with Gasteiger partial charge in [0.15, 0.2) is 0 Å². The molecule has 0 amide bonds. The fraction of sp³-hybridized carbons (Fsp3) is 0.455. The van der Waals surface area contributed by atoms with Crippen molar-refractivity contribution in [3.63, 3.8) is 0 Å². The van der Waals surface area contributed by atoms with Gasteiger partial charge in [0.05, 0.1) is 4.47 Å². The first kappa shape index (κ1) is 17.9. The number of alkyl halides is 6. The molecular formula is C11H10BrF6NO2. The largest absolute Gasteiger partial charge is 0.573 e. The summed E-state index contributed by atoms with van der Waals surface area (Å²) in [5.74, 6) is -0.893. The van der Waals surface area contributed by atoms with E-state index in [-0.39, 0.29) is 10.2 Å². The molecular weight excluding hydrogens is 372 g/mol. The summed E-state index contributed by atoms with van der Waals surface area (Å²) >= 11 is 2.76. The van der Waals surface area contributed by atoms with Crippen molar-refractivity contribution in [2.45, 2.75) is 31.6 Å². The van der Waals surface area contributed by atoms with E-state index in [1.807, 2.05) is 0 Å². The van der Waals surface area contributed by atoms with Crippen molar-refractivity contribution >= 4 is 15.9 Å². The smallest absolute Gasteiger partial charge is 0.479 e. The fourth-order valence-corrected chi connectivity index (χ4v) is 1.82. The van der Waals surface area contributed by atoms with E-state index in [1.165, 1.54) is 0 Å². The van der Waals surface area contributed by atoms with Gasteiger partial charge in [-0.3, -0.25) is 0 Å². The molecule has 0 aliphatic rings. The van der Waals surface area contributed by atoms with Crippen molar-refractivity contribution in [2.24, 2.45) is 5.73 Å². The summed E-state index contributed by atoms with van der Waals surface area (Å²) in [6, 6.07) is 1.34. The highest BCUT2D eigenvalue weighted by molar-refractivity contribution is 9.10. The highest BCUT2D eigenvalue weighted by Gasteiger charge is 2.44. The Morgan fingerprint density at radius 2 is 1.71 bits per heavy atom. The van der Waals surface area contributed by atoms with Crippen LogP contribution in [0.25, 0.3) is 0 Å². The average molecular weight is 382 g/mol. The number of ether oxygens (including phenoxy) is 2. The zero-order chi connectivity index (χ0) is 16.4. The van der Waals surface area contributed by atoms with E-state index in [0.29, 0.717) is 0 Å². The number of nitrogens with two attached hydrogens (primary N) is 1. The number of benzene rings is 1. The maximum Gasteiger partial charge on any atom is 0.573 e. The zero-order valence-corrected chi connectivity index (χ0v) is 12.0. The Hall–Kier alpha value is -1.16. The van der Waals surface area contributed by atoms with Crippen LogP contribution in [0.1, 0.15) is 6.92 Å². The van der Waals surface area contributed by atoms with Gasteiger partial charge in [-0.1, -0.05) is 0 Å². The van der Waals surface area contributed by atoms with Gasteiger partial charge < -0.3 is 15.2 Å². The van der Waals surface area contributed by atoms with Crippen molar-refractivity contribution in [1.29, 1.82) is 0 Å². The molecule has 0 fully saturated rings. The molecule has 0 aromatic heterocycles. The molecule has 1 aromatic rings. The Labute approximate surface area is 124 Å². The minimum absolute atomic E-state index is 0.206. The first-order valence-electron chi connectivity index (χ1n) is 5.44. The van der Waals surface area contributed by atoms with E-state index in [9.17, 15) is 26.3 Å². The highest BCUT2D eigenvalue weighted by atomic mass is 79.9. The lowest BCUT2D eigenvalue weighted by molar-refractivity contribution is -0.274. The van der Waals surface area contributed by atoms with Crippen molar-refractivity contribution < 1.29 is 35.8 Å². The van der Waals surface area contributed by atoms with Gasteiger partial charge in [-0.2, -0.15) is 13.2 Å². The van der Waals surface area contributed by atoms with Crippen LogP contribution in [0.5, 0.6) is 11.5 Å². The first-order chi connectivity index (χ1) is 9.40. The molecule has 0 spiro atoms. The van der Waals surface area contributed by atoms with Crippen molar-refractivity contribution in [3.8, 4) is 11.5 Å². The first-order valence-corrected chi connectivity index (χ1v) is 6.23. The van der Waals surface area contributed by atoms with Gasteiger partial charge in [-0.05, 0) is 41.1 Å². The maximum atomic E-state index is 12.7. The van der Waals surface area contributed by atoms with E-state index in [0.717, 1.165) is 25.1 Å². The van der Waals surface area contributed by atoms with Gasteiger partial charge in [-0.15, -0.1) is 13.2 Å². The molecule has 1 rings (SSSR count). The molecule has 21 heavy (non-hydrogen) atoms. The second-order valence-corrected chi connectivity index (χ2v) is 4.93. The van der Waals surface area contributed by atoms with Crippen molar-refractivity contribution in [3.05, 3.63) is 22.7 Å². The molecule has 0 radical (unpaired) electrons. The Bertz CT molecular complexity index is 489. The number of hydrogen-bond donors (Lipinski definition) is 1. The van der Waals surface area contributed by atoms with Gasteiger partial charge in [0.1, 0.15) is 11.5 Å². The summed E-state index contributed by atoms with van der Waals surface area (Å²) in [4.78, 5) is 0. The Morgan fingerprint density at radius 3 is 2.10 bits per heavy atom. The summed E-state index contributed by atoms with van der Waals surface area (Å²) in [6.07, 6.45) is -11.9. The molecule has 0 saturated carbocycles. The van der Waals surface area contributed by atoms with Gasteiger partial charge in [0, 0.05) is 6.04 Å². The van der Waals surface area contributed by atoms with Gasteiger partial charge in [-0.25, -0.2) is 0 Å². The molecule has 0 aliphatic carbocycles. The van der Waals surface area contributed by atoms with Crippen LogP contribution >= 0.6 is 15.9 Å². The number of halogens is 7. The lowest BCUT2D eigenvalue weighted by Gasteiger charge is -2.25. The van der Waals surface area contributed by atoms with E-state index >= 15 is 0 Å². The van der Waals surface area contributed by atoms with Crippen LogP contribution in [0, 0.1) is 0 Å². The molecule has 2 atom stereocenters. The monoisotopic (exact) mass is 381 g/mol. The summed E-state index contributed by atoms with van der Waals surface area (Å²) in [7, 11) is 0. The van der Waals surface area contributed by atoms with Crippen molar-refractivity contribution in [1.82, 2.24) is 0 Å². The highest BCUT2D eigenvalue weighted by Crippen LogP contribution is 2.35. The Kier molecular flexibility index (Phi) is 5.37. The summed E-state index contributed by atoms with van der Waals surface area (Å²) in [5, 5.41) is 0. The van der Waals surface area contributed by atoms with Crippen LogP contribution in [-0.2, 0) is 0 Å². The molecule has 2 unspecified atom stereocenters. The van der Waals surface area contributed by atoms with E-state index in [4.69, 9.17) is 5.73 Å². The second kappa shape index (κ2) is 6.30. The Balaban J connectivity index is 2.93. The summed E-state index contributed by atoms with van der Waals surface area (Å²) in [5.41, 5.74) is 5.19. The normalized spacial score (nSPS) is 15.5. The second-order valence-electron chi connectivity index (χ2n) is 4.08. The van der Waals surface area contributed by atoms with Crippen LogP contribution in [0.15, 0.2) is 22.7 Å².